The third-order valence-corrected chi connectivity index (χ3v) is 4.70. The lowest BCUT2D eigenvalue weighted by Gasteiger charge is -2.34. The molecule has 0 aromatic carbocycles. The predicted molar refractivity (Wildman–Crippen MR) is 90.4 cm³/mol. The van der Waals surface area contributed by atoms with Gasteiger partial charge in [-0.2, -0.15) is 0 Å². The molecule has 0 bridgehead atoms. The molecule has 1 aromatic heterocycles. The normalized spacial score (nSPS) is 19.6. The van der Waals surface area contributed by atoms with E-state index in [-0.39, 0.29) is 23.5 Å². The van der Waals surface area contributed by atoms with Gasteiger partial charge in [-0.1, -0.05) is 27.7 Å². The number of likely N-dealkylation sites (tertiary alicyclic amines) is 1. The summed E-state index contributed by atoms with van der Waals surface area (Å²) < 4.78 is 5.15. The fourth-order valence-electron chi connectivity index (χ4n) is 3.26. The van der Waals surface area contributed by atoms with Crippen molar-refractivity contribution >= 4 is 11.8 Å². The lowest BCUT2D eigenvalue weighted by Crippen LogP contribution is -2.50. The van der Waals surface area contributed by atoms with E-state index in [1.54, 1.807) is 17.0 Å². The Hall–Kier alpha value is -1.82. The molecule has 2 unspecified atom stereocenters. The molecule has 24 heavy (non-hydrogen) atoms. The number of aliphatic hydroxyl groups excluding tert-OH is 1. The van der Waals surface area contributed by atoms with E-state index < -0.39 is 17.6 Å². The average molecular weight is 336 g/mol. The summed E-state index contributed by atoms with van der Waals surface area (Å²) >= 11 is 0. The Bertz CT molecular complexity index is 566. The van der Waals surface area contributed by atoms with Gasteiger partial charge in [-0.25, -0.2) is 0 Å². The number of hydrogen-bond acceptors (Lipinski definition) is 4. The topological polar surface area (TPSA) is 82.8 Å². The number of hydrogen-bond donors (Lipinski definition) is 2. The lowest BCUT2D eigenvalue weighted by molar-refractivity contribution is -0.125. The van der Waals surface area contributed by atoms with Crippen LogP contribution in [0.25, 0.3) is 0 Å². The number of aliphatic hydroxyl groups is 1. The number of furan rings is 1. The van der Waals surface area contributed by atoms with Crippen molar-refractivity contribution in [1.29, 1.82) is 0 Å². The first-order chi connectivity index (χ1) is 11.2. The number of nitrogens with zero attached hydrogens (tertiary/aromatic N) is 1. The number of rotatable bonds is 6. The van der Waals surface area contributed by atoms with E-state index in [0.717, 1.165) is 6.42 Å². The van der Waals surface area contributed by atoms with Crippen molar-refractivity contribution in [1.82, 2.24) is 10.2 Å². The Labute approximate surface area is 143 Å². The minimum atomic E-state index is -0.512. The van der Waals surface area contributed by atoms with Gasteiger partial charge in [0.25, 0.3) is 5.91 Å². The molecule has 1 aliphatic rings. The van der Waals surface area contributed by atoms with E-state index >= 15 is 0 Å². The summed E-state index contributed by atoms with van der Waals surface area (Å²) in [5.41, 5.74) is -0.432. The molecule has 0 aliphatic carbocycles. The van der Waals surface area contributed by atoms with E-state index in [2.05, 4.69) is 5.32 Å². The smallest absolute Gasteiger partial charge is 0.290 e. The maximum Gasteiger partial charge on any atom is 0.290 e. The zero-order valence-corrected chi connectivity index (χ0v) is 14.9. The van der Waals surface area contributed by atoms with Gasteiger partial charge < -0.3 is 19.7 Å². The van der Waals surface area contributed by atoms with Crippen LogP contribution in [0.15, 0.2) is 22.8 Å². The van der Waals surface area contributed by atoms with Gasteiger partial charge in [0.15, 0.2) is 5.76 Å². The maximum absolute atomic E-state index is 12.6. The van der Waals surface area contributed by atoms with Crippen LogP contribution in [-0.4, -0.2) is 47.1 Å². The molecule has 1 saturated heterocycles. The van der Waals surface area contributed by atoms with Gasteiger partial charge in [-0.15, -0.1) is 0 Å². The van der Waals surface area contributed by atoms with E-state index in [4.69, 9.17) is 4.42 Å². The van der Waals surface area contributed by atoms with Gasteiger partial charge in [0.05, 0.1) is 12.4 Å². The summed E-state index contributed by atoms with van der Waals surface area (Å²) in [6.45, 7) is 8.68. The first kappa shape index (κ1) is 18.5. The van der Waals surface area contributed by atoms with Crippen LogP contribution in [0.3, 0.4) is 0 Å². The Kier molecular flexibility index (Phi) is 5.70. The second-order valence-corrected chi connectivity index (χ2v) is 7.53. The van der Waals surface area contributed by atoms with Crippen molar-refractivity contribution < 1.29 is 19.1 Å². The van der Waals surface area contributed by atoms with E-state index in [1.165, 1.54) is 6.26 Å². The largest absolute Gasteiger partial charge is 0.459 e. The number of carbonyl (C=O) groups excluding carboxylic acids is 2. The van der Waals surface area contributed by atoms with E-state index in [0.29, 0.717) is 19.5 Å². The Morgan fingerprint density at radius 1 is 1.46 bits per heavy atom. The zero-order valence-electron chi connectivity index (χ0n) is 14.9. The molecule has 2 heterocycles. The average Bonchev–Trinajstić information content (AvgIpc) is 3.22. The van der Waals surface area contributed by atoms with Crippen LogP contribution in [0, 0.1) is 11.3 Å². The molecule has 1 aromatic rings. The summed E-state index contributed by atoms with van der Waals surface area (Å²) in [7, 11) is 0. The molecular weight excluding hydrogens is 308 g/mol. The van der Waals surface area contributed by atoms with Gasteiger partial charge in [0, 0.05) is 18.5 Å². The minimum Gasteiger partial charge on any atom is -0.459 e. The molecule has 6 heteroatoms. The third kappa shape index (κ3) is 3.98. The highest BCUT2D eigenvalue weighted by molar-refractivity contribution is 5.95. The van der Waals surface area contributed by atoms with Crippen LogP contribution in [0.4, 0.5) is 0 Å². The second kappa shape index (κ2) is 7.38. The van der Waals surface area contributed by atoms with Crippen LogP contribution >= 0.6 is 0 Å². The second-order valence-electron chi connectivity index (χ2n) is 7.53. The zero-order chi connectivity index (χ0) is 17.9. The summed E-state index contributed by atoms with van der Waals surface area (Å²) in [5.74, 6) is -0.0544. The Morgan fingerprint density at radius 2 is 2.17 bits per heavy atom. The molecule has 1 aliphatic heterocycles. The molecule has 0 radical (unpaired) electrons. The third-order valence-electron chi connectivity index (χ3n) is 4.70. The fourth-order valence-corrected chi connectivity index (χ4v) is 3.26. The summed E-state index contributed by atoms with van der Waals surface area (Å²) in [5, 5.41) is 13.2. The Morgan fingerprint density at radius 3 is 2.75 bits per heavy atom. The highest BCUT2D eigenvalue weighted by Crippen LogP contribution is 2.26. The highest BCUT2D eigenvalue weighted by atomic mass is 16.3. The molecule has 1 fully saturated rings. The highest BCUT2D eigenvalue weighted by Gasteiger charge is 2.37. The lowest BCUT2D eigenvalue weighted by atomic mass is 9.80. The van der Waals surface area contributed by atoms with Gasteiger partial charge >= 0.3 is 0 Å². The monoisotopic (exact) mass is 336 g/mol. The van der Waals surface area contributed by atoms with Crippen LogP contribution in [-0.2, 0) is 4.79 Å². The number of nitrogens with one attached hydrogen (secondary N) is 1. The number of amides is 2. The maximum atomic E-state index is 12.6. The number of carbonyl (C=O) groups is 2. The summed E-state index contributed by atoms with van der Waals surface area (Å²) in [6, 6.07) is 2.79. The van der Waals surface area contributed by atoms with Gasteiger partial charge in [-0.3, -0.25) is 9.59 Å². The van der Waals surface area contributed by atoms with Crippen molar-refractivity contribution in [2.75, 3.05) is 13.1 Å². The van der Waals surface area contributed by atoms with Crippen molar-refractivity contribution in [2.24, 2.45) is 11.3 Å². The van der Waals surface area contributed by atoms with Crippen LogP contribution < -0.4 is 5.32 Å². The van der Waals surface area contributed by atoms with E-state index in [1.807, 2.05) is 27.7 Å². The van der Waals surface area contributed by atoms with Gasteiger partial charge in [0.2, 0.25) is 5.91 Å². The molecule has 6 nitrogen and oxygen atoms in total. The van der Waals surface area contributed by atoms with Gasteiger partial charge in [0.1, 0.15) is 6.04 Å². The molecule has 0 spiro atoms. The first-order valence-corrected chi connectivity index (χ1v) is 8.54. The fraction of sp³-hybridized carbons (Fsp3) is 0.667. The summed E-state index contributed by atoms with van der Waals surface area (Å²) in [4.78, 5) is 26.6. The van der Waals surface area contributed by atoms with Crippen molar-refractivity contribution in [3.8, 4) is 0 Å². The van der Waals surface area contributed by atoms with Crippen LogP contribution in [0.1, 0.15) is 51.1 Å². The Balaban J connectivity index is 1.97. The molecule has 2 amide bonds. The molecule has 2 rings (SSSR count). The van der Waals surface area contributed by atoms with Crippen LogP contribution in [0.2, 0.25) is 0 Å². The predicted octanol–water partition coefficient (Wildman–Crippen LogP) is 2.04. The standard InChI is InChI=1S/C18H28N2O4/c1-12(2)15(21)18(3,4)11-19-16(22)13-7-5-9-20(13)17(23)14-8-6-10-24-14/h6,8,10,12-13,15,21H,5,7,9,11H2,1-4H3,(H,19,22). The minimum absolute atomic E-state index is 0.111. The summed E-state index contributed by atoms with van der Waals surface area (Å²) in [6.07, 6.45) is 2.38. The van der Waals surface area contributed by atoms with Crippen LogP contribution in [0.5, 0.6) is 0 Å². The molecule has 2 atom stereocenters. The quantitative estimate of drug-likeness (QED) is 0.833. The molecule has 134 valence electrons. The molecule has 2 N–H and O–H groups in total. The van der Waals surface area contributed by atoms with Gasteiger partial charge in [-0.05, 0) is 30.9 Å². The molecular formula is C18H28N2O4. The molecule has 0 saturated carbocycles. The first-order valence-electron chi connectivity index (χ1n) is 8.54. The van der Waals surface area contributed by atoms with E-state index in [9.17, 15) is 14.7 Å². The SMILES string of the molecule is CC(C)C(O)C(C)(C)CNC(=O)C1CCCN1C(=O)c1ccco1. The van der Waals surface area contributed by atoms with Crippen molar-refractivity contribution in [3.05, 3.63) is 24.2 Å². The van der Waals surface area contributed by atoms with Crippen molar-refractivity contribution in [2.45, 2.75) is 52.7 Å². The van der Waals surface area contributed by atoms with Crippen molar-refractivity contribution in [3.63, 3.8) is 0 Å².